The summed E-state index contributed by atoms with van der Waals surface area (Å²) in [6.07, 6.45) is 1.57. The largest absolute Gasteiger partial charge is 0.386 e. The van der Waals surface area contributed by atoms with E-state index < -0.39 is 0 Å². The molecule has 13 heavy (non-hydrogen) atoms. The van der Waals surface area contributed by atoms with Crippen molar-refractivity contribution in [3.63, 3.8) is 0 Å². The number of nitrogens with zero attached hydrogens (tertiary/aromatic N) is 2. The third-order valence-corrected chi connectivity index (χ3v) is 1.66. The Labute approximate surface area is 81.9 Å². The molecular weight excluding hydrogens is 186 g/mol. The first kappa shape index (κ1) is 9.74. The molecule has 3 nitrogen and oxygen atoms in total. The quantitative estimate of drug-likeness (QED) is 0.438. The molecule has 68 valence electrons. The Morgan fingerprint density at radius 2 is 2.15 bits per heavy atom. The van der Waals surface area contributed by atoms with Gasteiger partial charge in [-0.1, -0.05) is 29.8 Å². The number of benzene rings is 1. The zero-order chi connectivity index (χ0) is 9.68. The molecule has 0 aromatic heterocycles. The second kappa shape index (κ2) is 4.62. The van der Waals surface area contributed by atoms with Gasteiger partial charge in [-0.3, -0.25) is 0 Å². The molecule has 0 unspecified atom stereocenters. The van der Waals surface area contributed by atoms with E-state index in [1.807, 2.05) is 18.2 Å². The molecule has 0 saturated carbocycles. The van der Waals surface area contributed by atoms with Crippen molar-refractivity contribution in [1.29, 1.82) is 0 Å². The molecular formula is C9H10ClN3. The van der Waals surface area contributed by atoms with E-state index in [2.05, 4.69) is 10.2 Å². The molecule has 0 bridgehead atoms. The van der Waals surface area contributed by atoms with Gasteiger partial charge in [-0.2, -0.15) is 5.10 Å². The molecule has 0 aliphatic carbocycles. The van der Waals surface area contributed by atoms with Crippen LogP contribution >= 0.6 is 11.6 Å². The molecule has 0 spiro atoms. The average molecular weight is 196 g/mol. The van der Waals surface area contributed by atoms with Crippen LogP contribution in [-0.2, 0) is 0 Å². The molecule has 4 heteroatoms. The Balaban J connectivity index is 2.80. The summed E-state index contributed by atoms with van der Waals surface area (Å²) in [5.74, 6) is 0.420. The predicted octanol–water partition coefficient (Wildman–Crippen LogP) is 2.05. The summed E-state index contributed by atoms with van der Waals surface area (Å²) in [5.41, 5.74) is 6.13. The van der Waals surface area contributed by atoms with Gasteiger partial charge in [-0.05, 0) is 13.0 Å². The van der Waals surface area contributed by atoms with Crippen LogP contribution in [-0.4, -0.2) is 12.1 Å². The van der Waals surface area contributed by atoms with Crippen molar-refractivity contribution in [2.45, 2.75) is 6.92 Å². The van der Waals surface area contributed by atoms with Crippen molar-refractivity contribution in [2.75, 3.05) is 0 Å². The van der Waals surface area contributed by atoms with E-state index in [1.54, 1.807) is 19.2 Å². The van der Waals surface area contributed by atoms with E-state index in [9.17, 15) is 0 Å². The van der Waals surface area contributed by atoms with Crippen LogP contribution in [0.15, 0.2) is 34.5 Å². The first-order chi connectivity index (χ1) is 6.20. The van der Waals surface area contributed by atoms with Crippen LogP contribution < -0.4 is 5.73 Å². The van der Waals surface area contributed by atoms with Gasteiger partial charge in [-0.25, -0.2) is 0 Å². The number of nitrogens with two attached hydrogens (primary N) is 1. The number of hydrogen-bond acceptors (Lipinski definition) is 2. The Bertz CT molecular complexity index is 340. The van der Waals surface area contributed by atoms with Gasteiger partial charge < -0.3 is 5.73 Å². The molecule has 0 heterocycles. The first-order valence-electron chi connectivity index (χ1n) is 3.78. The van der Waals surface area contributed by atoms with Gasteiger partial charge in [0.15, 0.2) is 0 Å². The van der Waals surface area contributed by atoms with Crippen LogP contribution in [0.3, 0.4) is 0 Å². The fraction of sp³-hybridized carbons (Fsp3) is 0.111. The highest BCUT2D eigenvalue weighted by Crippen LogP contribution is 2.12. The molecule has 0 aliphatic heterocycles. The highest BCUT2D eigenvalue weighted by Gasteiger charge is 1.92. The van der Waals surface area contributed by atoms with Crippen LogP contribution in [0.5, 0.6) is 0 Å². The SMILES string of the molecule is C/C(N)=N\N=C/c1ccccc1Cl. The van der Waals surface area contributed by atoms with E-state index in [4.69, 9.17) is 17.3 Å². The van der Waals surface area contributed by atoms with Crippen LogP contribution in [0, 0.1) is 0 Å². The number of rotatable bonds is 2. The summed E-state index contributed by atoms with van der Waals surface area (Å²) in [6.45, 7) is 1.67. The van der Waals surface area contributed by atoms with E-state index in [0.717, 1.165) is 5.56 Å². The standard InChI is InChI=1S/C9H10ClN3/c1-7(11)13-12-6-8-4-2-3-5-9(8)10/h2-6H,1H3,(H2,11,13)/b12-6-. The van der Waals surface area contributed by atoms with Crippen molar-refractivity contribution in [1.82, 2.24) is 0 Å². The summed E-state index contributed by atoms with van der Waals surface area (Å²) < 4.78 is 0. The number of hydrogen-bond donors (Lipinski definition) is 1. The van der Waals surface area contributed by atoms with Crippen LogP contribution in [0.1, 0.15) is 12.5 Å². The second-order valence-electron chi connectivity index (χ2n) is 2.51. The lowest BCUT2D eigenvalue weighted by Gasteiger charge is -1.93. The first-order valence-corrected chi connectivity index (χ1v) is 4.15. The number of halogens is 1. The van der Waals surface area contributed by atoms with Gasteiger partial charge in [0, 0.05) is 10.6 Å². The maximum atomic E-state index is 5.87. The van der Waals surface area contributed by atoms with Gasteiger partial charge in [0.2, 0.25) is 0 Å². The van der Waals surface area contributed by atoms with E-state index in [1.165, 1.54) is 0 Å². The smallest absolute Gasteiger partial charge is 0.119 e. The Kier molecular flexibility index (Phi) is 3.46. The van der Waals surface area contributed by atoms with Gasteiger partial charge in [0.1, 0.15) is 5.84 Å². The average Bonchev–Trinajstić information content (AvgIpc) is 2.08. The van der Waals surface area contributed by atoms with Crippen LogP contribution in [0.4, 0.5) is 0 Å². The lowest BCUT2D eigenvalue weighted by atomic mass is 10.2. The minimum absolute atomic E-state index is 0.420. The monoisotopic (exact) mass is 195 g/mol. The molecule has 0 radical (unpaired) electrons. The molecule has 1 rings (SSSR count). The van der Waals surface area contributed by atoms with Crippen LogP contribution in [0.2, 0.25) is 5.02 Å². The van der Waals surface area contributed by atoms with Crippen molar-refractivity contribution in [3.8, 4) is 0 Å². The second-order valence-corrected chi connectivity index (χ2v) is 2.91. The molecule has 2 N–H and O–H groups in total. The summed E-state index contributed by atoms with van der Waals surface area (Å²) in [4.78, 5) is 0. The topological polar surface area (TPSA) is 50.7 Å². The van der Waals surface area contributed by atoms with Crippen LogP contribution in [0.25, 0.3) is 0 Å². The third-order valence-electron chi connectivity index (χ3n) is 1.32. The predicted molar refractivity (Wildman–Crippen MR) is 56.3 cm³/mol. The van der Waals surface area contributed by atoms with Crippen molar-refractivity contribution in [3.05, 3.63) is 34.9 Å². The minimum atomic E-state index is 0.420. The Morgan fingerprint density at radius 3 is 2.77 bits per heavy atom. The van der Waals surface area contributed by atoms with Gasteiger partial charge >= 0.3 is 0 Å². The van der Waals surface area contributed by atoms with E-state index in [-0.39, 0.29) is 0 Å². The van der Waals surface area contributed by atoms with Gasteiger partial charge in [-0.15, -0.1) is 5.10 Å². The maximum Gasteiger partial charge on any atom is 0.119 e. The van der Waals surface area contributed by atoms with Gasteiger partial charge in [0.05, 0.1) is 6.21 Å². The molecule has 0 amide bonds. The van der Waals surface area contributed by atoms with E-state index >= 15 is 0 Å². The lowest BCUT2D eigenvalue weighted by molar-refractivity contribution is 1.22. The third kappa shape index (κ3) is 3.25. The zero-order valence-corrected chi connectivity index (χ0v) is 7.99. The molecule has 1 aromatic rings. The molecule has 0 aliphatic rings. The lowest BCUT2D eigenvalue weighted by Crippen LogP contribution is -2.03. The summed E-state index contributed by atoms with van der Waals surface area (Å²) >= 11 is 5.87. The fourth-order valence-electron chi connectivity index (χ4n) is 0.762. The van der Waals surface area contributed by atoms with E-state index in [0.29, 0.717) is 10.9 Å². The van der Waals surface area contributed by atoms with Crippen molar-refractivity contribution < 1.29 is 0 Å². The number of amidine groups is 1. The highest BCUT2D eigenvalue weighted by atomic mass is 35.5. The normalized spacial score (nSPS) is 12.3. The van der Waals surface area contributed by atoms with Crippen molar-refractivity contribution in [2.24, 2.45) is 15.9 Å². The summed E-state index contributed by atoms with van der Waals surface area (Å²) in [5, 5.41) is 8.07. The van der Waals surface area contributed by atoms with Crippen molar-refractivity contribution >= 4 is 23.7 Å². The highest BCUT2D eigenvalue weighted by molar-refractivity contribution is 6.33. The Morgan fingerprint density at radius 1 is 1.46 bits per heavy atom. The molecule has 0 fully saturated rings. The molecule has 0 atom stereocenters. The minimum Gasteiger partial charge on any atom is -0.386 e. The molecule has 1 aromatic carbocycles. The van der Waals surface area contributed by atoms with Gasteiger partial charge in [0.25, 0.3) is 0 Å². The summed E-state index contributed by atoms with van der Waals surface area (Å²) in [7, 11) is 0. The fourth-order valence-corrected chi connectivity index (χ4v) is 0.946. The maximum absolute atomic E-state index is 5.87. The Hall–Kier alpha value is -1.35. The zero-order valence-electron chi connectivity index (χ0n) is 7.24. The molecule has 0 saturated heterocycles. The summed E-state index contributed by atoms with van der Waals surface area (Å²) in [6, 6.07) is 7.39.